The molecule has 0 aromatic carbocycles. The van der Waals surface area contributed by atoms with E-state index in [0.29, 0.717) is 0 Å². The summed E-state index contributed by atoms with van der Waals surface area (Å²) in [5, 5.41) is 7.31. The number of rotatable bonds is 1. The van der Waals surface area contributed by atoms with Crippen LogP contribution in [-0.4, -0.2) is 15.7 Å². The number of nitrogens with zero attached hydrogens (tertiary/aromatic N) is 3. The van der Waals surface area contributed by atoms with E-state index in [2.05, 4.69) is 10.4 Å². The van der Waals surface area contributed by atoms with Crippen molar-refractivity contribution in [2.75, 3.05) is 0 Å². The minimum atomic E-state index is -0.465. The third kappa shape index (κ3) is 1.35. The first kappa shape index (κ1) is 8.43. The predicted molar refractivity (Wildman–Crippen MR) is 49.1 cm³/mol. The van der Waals surface area contributed by atoms with Gasteiger partial charge in [-0.05, 0) is 18.2 Å². The third-order valence-electron chi connectivity index (χ3n) is 1.70. The van der Waals surface area contributed by atoms with Gasteiger partial charge in [0, 0.05) is 18.5 Å². The molecule has 0 saturated carbocycles. The first-order chi connectivity index (χ1) is 6.79. The molecule has 69 valence electrons. The van der Waals surface area contributed by atoms with E-state index in [4.69, 9.17) is 0 Å². The Morgan fingerprint density at radius 3 is 2.86 bits per heavy atom. The first-order valence-electron chi connectivity index (χ1n) is 3.96. The van der Waals surface area contributed by atoms with Crippen LogP contribution in [0.1, 0.15) is 0 Å². The molecule has 0 fully saturated rings. The van der Waals surface area contributed by atoms with Crippen LogP contribution in [0.25, 0.3) is 5.70 Å². The zero-order valence-corrected chi connectivity index (χ0v) is 7.12. The highest BCUT2D eigenvalue weighted by Gasteiger charge is 2.15. The van der Waals surface area contributed by atoms with Crippen LogP contribution in [0.4, 0.5) is 0 Å². The lowest BCUT2D eigenvalue weighted by molar-refractivity contribution is -0.115. The Morgan fingerprint density at radius 2 is 2.14 bits per heavy atom. The molecule has 2 heterocycles. The molecule has 1 aliphatic rings. The molecule has 2 rings (SSSR count). The fraction of sp³-hybridized carbons (Fsp3) is 0. The average Bonchev–Trinajstić information content (AvgIpc) is 2.20. The SMILES string of the molecule is O=C1[N]C=CC=C1n1ncccc1=O. The van der Waals surface area contributed by atoms with Gasteiger partial charge < -0.3 is 0 Å². The van der Waals surface area contributed by atoms with Gasteiger partial charge in [-0.2, -0.15) is 9.78 Å². The fourth-order valence-corrected chi connectivity index (χ4v) is 1.08. The molecule has 0 bridgehead atoms. The minimum absolute atomic E-state index is 0.165. The van der Waals surface area contributed by atoms with Gasteiger partial charge >= 0.3 is 0 Å². The molecule has 5 nitrogen and oxygen atoms in total. The van der Waals surface area contributed by atoms with Crippen LogP contribution in [0, 0.1) is 0 Å². The van der Waals surface area contributed by atoms with Crippen LogP contribution >= 0.6 is 0 Å². The quantitative estimate of drug-likeness (QED) is 0.610. The summed E-state index contributed by atoms with van der Waals surface area (Å²) in [5.74, 6) is -0.465. The van der Waals surface area contributed by atoms with Crippen molar-refractivity contribution in [2.45, 2.75) is 0 Å². The maximum atomic E-state index is 11.3. The lowest BCUT2D eigenvalue weighted by Crippen LogP contribution is -2.28. The van der Waals surface area contributed by atoms with E-state index < -0.39 is 5.91 Å². The topological polar surface area (TPSA) is 66.1 Å². The van der Waals surface area contributed by atoms with Gasteiger partial charge in [0.05, 0.1) is 0 Å². The van der Waals surface area contributed by atoms with Crippen molar-refractivity contribution < 1.29 is 4.79 Å². The number of hydrogen-bond acceptors (Lipinski definition) is 3. The second kappa shape index (κ2) is 3.29. The Labute approximate surface area is 79.4 Å². The molecule has 1 radical (unpaired) electrons. The maximum absolute atomic E-state index is 11.3. The van der Waals surface area contributed by atoms with Gasteiger partial charge in [-0.25, -0.2) is 5.32 Å². The monoisotopic (exact) mass is 188 g/mol. The maximum Gasteiger partial charge on any atom is 0.295 e. The van der Waals surface area contributed by atoms with Crippen molar-refractivity contribution in [3.05, 3.63) is 47.0 Å². The summed E-state index contributed by atoms with van der Waals surface area (Å²) < 4.78 is 1.02. The first-order valence-corrected chi connectivity index (χ1v) is 3.96. The molecule has 0 saturated heterocycles. The highest BCUT2D eigenvalue weighted by Crippen LogP contribution is 2.04. The van der Waals surface area contributed by atoms with Crippen LogP contribution in [-0.2, 0) is 4.79 Å². The second-order valence-corrected chi connectivity index (χ2v) is 2.60. The molecule has 1 aliphatic heterocycles. The average molecular weight is 188 g/mol. The Bertz CT molecular complexity index is 485. The summed E-state index contributed by atoms with van der Waals surface area (Å²) in [7, 11) is 0. The molecule has 0 spiro atoms. The van der Waals surface area contributed by atoms with E-state index in [1.165, 1.54) is 30.6 Å². The van der Waals surface area contributed by atoms with Gasteiger partial charge in [-0.1, -0.05) is 0 Å². The highest BCUT2D eigenvalue weighted by atomic mass is 16.2. The normalized spacial score (nSPS) is 14.9. The zero-order valence-electron chi connectivity index (χ0n) is 7.12. The van der Waals surface area contributed by atoms with Crippen molar-refractivity contribution in [3.8, 4) is 0 Å². The van der Waals surface area contributed by atoms with Crippen LogP contribution in [0.5, 0.6) is 0 Å². The molecule has 0 unspecified atom stereocenters. The Kier molecular flexibility index (Phi) is 1.98. The van der Waals surface area contributed by atoms with Crippen LogP contribution in [0.3, 0.4) is 0 Å². The molecule has 1 aromatic heterocycles. The second-order valence-electron chi connectivity index (χ2n) is 2.60. The van der Waals surface area contributed by atoms with E-state index in [9.17, 15) is 9.59 Å². The molecule has 0 N–H and O–H groups in total. The number of carbonyl (C=O) groups is 1. The third-order valence-corrected chi connectivity index (χ3v) is 1.70. The molecule has 1 aromatic rings. The van der Waals surface area contributed by atoms with E-state index in [1.54, 1.807) is 6.08 Å². The lowest BCUT2D eigenvalue weighted by atomic mass is 10.3. The lowest BCUT2D eigenvalue weighted by Gasteiger charge is -2.07. The Morgan fingerprint density at radius 1 is 1.29 bits per heavy atom. The van der Waals surface area contributed by atoms with Crippen LogP contribution in [0.2, 0.25) is 0 Å². The molecule has 0 atom stereocenters. The van der Waals surface area contributed by atoms with E-state index in [1.807, 2.05) is 0 Å². The molecule has 0 aliphatic carbocycles. The predicted octanol–water partition coefficient (Wildman–Crippen LogP) is -0.258. The fourth-order valence-electron chi connectivity index (χ4n) is 1.08. The number of aromatic nitrogens is 2. The number of hydrogen-bond donors (Lipinski definition) is 0. The van der Waals surface area contributed by atoms with Gasteiger partial charge in [0.15, 0.2) is 0 Å². The molecule has 1 amide bonds. The largest absolute Gasteiger partial charge is 0.295 e. The van der Waals surface area contributed by atoms with Crippen LogP contribution < -0.4 is 10.9 Å². The number of amides is 1. The Hall–Kier alpha value is -2.17. The number of allylic oxidation sites excluding steroid dienone is 2. The van der Waals surface area contributed by atoms with E-state index >= 15 is 0 Å². The van der Waals surface area contributed by atoms with Crippen molar-refractivity contribution in [2.24, 2.45) is 0 Å². The molecular weight excluding hydrogens is 182 g/mol. The van der Waals surface area contributed by atoms with Crippen LogP contribution in [0.15, 0.2) is 41.5 Å². The summed E-state index contributed by atoms with van der Waals surface area (Å²) in [5.41, 5.74) is -0.185. The summed E-state index contributed by atoms with van der Waals surface area (Å²) >= 11 is 0. The minimum Gasteiger partial charge on any atom is -0.267 e. The summed E-state index contributed by atoms with van der Waals surface area (Å²) in [4.78, 5) is 22.6. The number of carbonyl (C=O) groups excluding carboxylic acids is 1. The molecule has 5 heteroatoms. The van der Waals surface area contributed by atoms with Crippen molar-refractivity contribution in [1.82, 2.24) is 15.1 Å². The summed E-state index contributed by atoms with van der Waals surface area (Å²) in [6, 6.07) is 2.85. The van der Waals surface area contributed by atoms with E-state index in [-0.39, 0.29) is 11.3 Å². The molecule has 14 heavy (non-hydrogen) atoms. The molecular formula is C9H6N3O2. The van der Waals surface area contributed by atoms with Crippen molar-refractivity contribution >= 4 is 11.6 Å². The smallest absolute Gasteiger partial charge is 0.267 e. The van der Waals surface area contributed by atoms with Gasteiger partial charge in [-0.15, -0.1) is 0 Å². The summed E-state index contributed by atoms with van der Waals surface area (Å²) in [6.07, 6.45) is 5.90. The van der Waals surface area contributed by atoms with Gasteiger partial charge in [0.1, 0.15) is 5.70 Å². The van der Waals surface area contributed by atoms with Crippen molar-refractivity contribution in [1.29, 1.82) is 0 Å². The van der Waals surface area contributed by atoms with Gasteiger partial charge in [0.2, 0.25) is 0 Å². The summed E-state index contributed by atoms with van der Waals surface area (Å²) in [6.45, 7) is 0. The van der Waals surface area contributed by atoms with Gasteiger partial charge in [0.25, 0.3) is 11.5 Å². The highest BCUT2D eigenvalue weighted by molar-refractivity contribution is 6.14. The van der Waals surface area contributed by atoms with E-state index in [0.717, 1.165) is 4.68 Å². The van der Waals surface area contributed by atoms with Crippen molar-refractivity contribution in [3.63, 3.8) is 0 Å². The Balaban J connectivity index is 2.55. The standard InChI is InChI=1S/C9H6N3O2/c13-8-4-2-6-11-12(8)7-3-1-5-10-9(7)14/h1-6H. The van der Waals surface area contributed by atoms with Gasteiger partial charge in [-0.3, -0.25) is 9.59 Å². The zero-order chi connectivity index (χ0) is 9.97.